The summed E-state index contributed by atoms with van der Waals surface area (Å²) in [6.07, 6.45) is 1.48. The van der Waals surface area contributed by atoms with E-state index in [-0.39, 0.29) is 11.5 Å². The lowest BCUT2D eigenvalue weighted by Gasteiger charge is -2.03. The van der Waals surface area contributed by atoms with Crippen molar-refractivity contribution in [3.05, 3.63) is 33.9 Å². The van der Waals surface area contributed by atoms with E-state index >= 15 is 0 Å². The van der Waals surface area contributed by atoms with Gasteiger partial charge < -0.3 is 0 Å². The van der Waals surface area contributed by atoms with Crippen molar-refractivity contribution in [2.45, 2.75) is 19.8 Å². The molecule has 2 aromatic rings. The highest BCUT2D eigenvalue weighted by Crippen LogP contribution is 2.11. The van der Waals surface area contributed by atoms with Crippen molar-refractivity contribution < 1.29 is 0 Å². The van der Waals surface area contributed by atoms with Crippen LogP contribution in [0, 0.1) is 11.3 Å². The molecule has 2 rings (SSSR count). The molecule has 5 heteroatoms. The van der Waals surface area contributed by atoms with Gasteiger partial charge in [0.1, 0.15) is 11.6 Å². The number of fused-ring (bicyclic) bond motifs is 1. The van der Waals surface area contributed by atoms with Crippen LogP contribution in [0.4, 0.5) is 0 Å². The van der Waals surface area contributed by atoms with Crippen molar-refractivity contribution in [2.75, 3.05) is 0 Å². The van der Waals surface area contributed by atoms with E-state index in [9.17, 15) is 4.79 Å². The van der Waals surface area contributed by atoms with Gasteiger partial charge >= 0.3 is 0 Å². The molecule has 2 heterocycles. The van der Waals surface area contributed by atoms with Gasteiger partial charge in [0.2, 0.25) is 0 Å². The van der Waals surface area contributed by atoms with E-state index in [0.717, 1.165) is 0 Å². The van der Waals surface area contributed by atoms with Gasteiger partial charge in [0, 0.05) is 12.3 Å². The molecule has 0 aliphatic rings. The van der Waals surface area contributed by atoms with E-state index in [2.05, 4.69) is 10.1 Å². The normalized spacial score (nSPS) is 10.8. The number of rotatable bonds is 1. The third-order valence-electron chi connectivity index (χ3n) is 2.23. The minimum Gasteiger partial charge on any atom is -0.295 e. The van der Waals surface area contributed by atoms with Crippen molar-refractivity contribution in [3.63, 3.8) is 0 Å². The van der Waals surface area contributed by atoms with Gasteiger partial charge in [-0.1, -0.05) is 13.8 Å². The Morgan fingerprint density at radius 2 is 2.33 bits per heavy atom. The summed E-state index contributed by atoms with van der Waals surface area (Å²) in [5.41, 5.74) is 1.30. The molecule has 0 radical (unpaired) electrons. The molecule has 0 aliphatic carbocycles. The molecule has 0 aliphatic heterocycles. The summed E-state index contributed by atoms with van der Waals surface area (Å²) in [4.78, 5) is 15.9. The van der Waals surface area contributed by atoms with Gasteiger partial charge in [-0.15, -0.1) is 0 Å². The zero-order valence-corrected chi connectivity index (χ0v) is 8.48. The van der Waals surface area contributed by atoms with Crippen molar-refractivity contribution in [3.8, 4) is 6.07 Å². The van der Waals surface area contributed by atoms with Gasteiger partial charge in [0.25, 0.3) is 5.56 Å². The summed E-state index contributed by atoms with van der Waals surface area (Å²) in [6.45, 7) is 3.91. The van der Waals surface area contributed by atoms with Gasteiger partial charge in [-0.05, 0) is 5.92 Å². The Balaban J connectivity index is 2.84. The lowest BCUT2D eigenvalue weighted by molar-refractivity contribution is 0.797. The molecule has 2 aromatic heterocycles. The standard InChI is InChI=1S/C10H10N4O/c1-6(2)8-3-9(15)14-10(13-8)7(4-11)5-12-14/h3,5-6,12H,1-2H3. The van der Waals surface area contributed by atoms with Crippen molar-refractivity contribution in [1.82, 2.24) is 14.6 Å². The highest BCUT2D eigenvalue weighted by molar-refractivity contribution is 5.53. The average molecular weight is 202 g/mol. The van der Waals surface area contributed by atoms with Gasteiger partial charge in [-0.3, -0.25) is 9.89 Å². The fourth-order valence-corrected chi connectivity index (χ4v) is 1.38. The molecule has 76 valence electrons. The zero-order chi connectivity index (χ0) is 11.0. The second-order valence-electron chi connectivity index (χ2n) is 3.63. The number of aromatic nitrogens is 3. The van der Waals surface area contributed by atoms with E-state index in [1.807, 2.05) is 19.9 Å². The number of nitrogens with zero attached hydrogens (tertiary/aromatic N) is 3. The maximum Gasteiger partial charge on any atom is 0.272 e. The first kappa shape index (κ1) is 9.46. The zero-order valence-electron chi connectivity index (χ0n) is 8.48. The molecule has 0 unspecified atom stereocenters. The van der Waals surface area contributed by atoms with E-state index in [1.165, 1.54) is 16.8 Å². The van der Waals surface area contributed by atoms with Crippen LogP contribution in [0.1, 0.15) is 31.0 Å². The van der Waals surface area contributed by atoms with Gasteiger partial charge in [-0.25, -0.2) is 9.50 Å². The molecule has 5 nitrogen and oxygen atoms in total. The van der Waals surface area contributed by atoms with Crippen LogP contribution >= 0.6 is 0 Å². The molecule has 0 saturated heterocycles. The monoisotopic (exact) mass is 202 g/mol. The van der Waals surface area contributed by atoms with Gasteiger partial charge in [0.05, 0.1) is 5.69 Å². The largest absolute Gasteiger partial charge is 0.295 e. The molecule has 15 heavy (non-hydrogen) atoms. The minimum atomic E-state index is -0.190. The number of hydrogen-bond acceptors (Lipinski definition) is 3. The van der Waals surface area contributed by atoms with E-state index in [0.29, 0.717) is 16.9 Å². The van der Waals surface area contributed by atoms with Crippen molar-refractivity contribution in [2.24, 2.45) is 0 Å². The molecule has 0 saturated carbocycles. The maximum absolute atomic E-state index is 11.6. The van der Waals surface area contributed by atoms with E-state index < -0.39 is 0 Å². The number of aromatic amines is 1. The van der Waals surface area contributed by atoms with Crippen LogP contribution in [0.2, 0.25) is 0 Å². The summed E-state index contributed by atoms with van der Waals surface area (Å²) in [5.74, 6) is 0.171. The second kappa shape index (κ2) is 3.24. The van der Waals surface area contributed by atoms with Crippen LogP contribution in [-0.2, 0) is 0 Å². The smallest absolute Gasteiger partial charge is 0.272 e. The number of hydrogen-bond donors (Lipinski definition) is 1. The Labute approximate surface area is 86.0 Å². The number of H-pyrrole nitrogens is 1. The SMILES string of the molecule is CC(C)c1cc(=O)n2[nH]cc(C#N)c2n1. The summed E-state index contributed by atoms with van der Waals surface area (Å²) in [6, 6.07) is 3.47. The molecular formula is C10H10N4O. The van der Waals surface area contributed by atoms with Crippen LogP contribution in [0.25, 0.3) is 5.65 Å². The third-order valence-corrected chi connectivity index (χ3v) is 2.23. The molecule has 0 aromatic carbocycles. The lowest BCUT2D eigenvalue weighted by atomic mass is 10.1. The minimum absolute atomic E-state index is 0.171. The first-order valence-electron chi connectivity index (χ1n) is 4.64. The molecular weight excluding hydrogens is 192 g/mol. The average Bonchev–Trinajstić information content (AvgIpc) is 2.60. The maximum atomic E-state index is 11.6. The Morgan fingerprint density at radius 3 is 2.93 bits per heavy atom. The Bertz CT molecular complexity index is 600. The summed E-state index contributed by atoms with van der Waals surface area (Å²) in [5, 5.41) is 11.5. The Morgan fingerprint density at radius 1 is 1.60 bits per heavy atom. The Kier molecular flexibility index (Phi) is 2.05. The molecule has 0 bridgehead atoms. The van der Waals surface area contributed by atoms with Crippen LogP contribution in [0.15, 0.2) is 17.1 Å². The van der Waals surface area contributed by atoms with Crippen LogP contribution in [0.5, 0.6) is 0 Å². The highest BCUT2D eigenvalue weighted by Gasteiger charge is 2.10. The first-order valence-corrected chi connectivity index (χ1v) is 4.64. The van der Waals surface area contributed by atoms with Crippen LogP contribution in [0.3, 0.4) is 0 Å². The predicted octanol–water partition coefficient (Wildman–Crippen LogP) is 1.02. The topological polar surface area (TPSA) is 73.9 Å². The number of nitriles is 1. The third kappa shape index (κ3) is 1.40. The second-order valence-corrected chi connectivity index (χ2v) is 3.63. The molecule has 0 spiro atoms. The van der Waals surface area contributed by atoms with E-state index in [1.54, 1.807) is 0 Å². The molecule has 1 N–H and O–H groups in total. The van der Waals surface area contributed by atoms with Crippen LogP contribution in [-0.4, -0.2) is 14.6 Å². The van der Waals surface area contributed by atoms with E-state index in [4.69, 9.17) is 5.26 Å². The van der Waals surface area contributed by atoms with Crippen molar-refractivity contribution >= 4 is 5.65 Å². The first-order chi connectivity index (χ1) is 7.13. The summed E-state index contributed by atoms with van der Waals surface area (Å²) in [7, 11) is 0. The quantitative estimate of drug-likeness (QED) is 0.750. The summed E-state index contributed by atoms with van der Waals surface area (Å²) < 4.78 is 1.27. The lowest BCUT2D eigenvalue weighted by Crippen LogP contribution is -2.16. The van der Waals surface area contributed by atoms with Gasteiger partial charge in [0.15, 0.2) is 5.65 Å². The highest BCUT2D eigenvalue weighted by atomic mass is 16.1. The van der Waals surface area contributed by atoms with Crippen molar-refractivity contribution in [1.29, 1.82) is 5.26 Å². The number of nitrogens with one attached hydrogen (secondary N) is 1. The van der Waals surface area contributed by atoms with Crippen LogP contribution < -0.4 is 5.56 Å². The molecule has 0 amide bonds. The summed E-state index contributed by atoms with van der Waals surface area (Å²) >= 11 is 0. The molecule has 0 atom stereocenters. The fraction of sp³-hybridized carbons (Fsp3) is 0.300. The predicted molar refractivity (Wildman–Crippen MR) is 54.6 cm³/mol. The molecule has 0 fully saturated rings. The van der Waals surface area contributed by atoms with Gasteiger partial charge in [-0.2, -0.15) is 5.26 Å². The fourth-order valence-electron chi connectivity index (χ4n) is 1.38. The Hall–Kier alpha value is -2.09.